The molecule has 1 atom stereocenters. The van der Waals surface area contributed by atoms with Gasteiger partial charge in [0.1, 0.15) is 17.2 Å². The number of nitrogens with zero attached hydrogens (tertiary/aromatic N) is 4. The summed E-state index contributed by atoms with van der Waals surface area (Å²) in [5, 5.41) is 4.90. The molecule has 0 bridgehead atoms. The van der Waals surface area contributed by atoms with E-state index in [0.717, 1.165) is 22.6 Å². The van der Waals surface area contributed by atoms with Gasteiger partial charge in [-0.05, 0) is 80.9 Å². The third-order valence-electron chi connectivity index (χ3n) is 7.46. The van der Waals surface area contributed by atoms with E-state index in [2.05, 4.69) is 4.99 Å². The van der Waals surface area contributed by atoms with Crippen LogP contribution in [-0.4, -0.2) is 39.5 Å². The molecule has 0 unspecified atom stereocenters. The third kappa shape index (κ3) is 6.43. The standard InChI is InChI=1S/C36H32N4O6S/c1-5-44-28-16-12-24(13-17-28)32-26(21-39(38-32)27-10-8-7-9-11-27)20-30-34(42)40-33(25-14-18-29(19-15-25)46-23(4)41)31(35(43)45-6-2)22(3)37-36(40)47-30/h7-21,33H,5-6H2,1-4H3/b30-20-/t33-/m1/s1. The molecule has 47 heavy (non-hydrogen) atoms. The first-order valence-corrected chi connectivity index (χ1v) is 16.0. The van der Waals surface area contributed by atoms with E-state index in [1.54, 1.807) is 42.8 Å². The molecule has 10 nitrogen and oxygen atoms in total. The van der Waals surface area contributed by atoms with Crippen molar-refractivity contribution in [1.82, 2.24) is 14.3 Å². The van der Waals surface area contributed by atoms with Gasteiger partial charge in [0.2, 0.25) is 0 Å². The van der Waals surface area contributed by atoms with Crippen molar-refractivity contribution < 1.29 is 23.8 Å². The number of hydrogen-bond donors (Lipinski definition) is 0. The van der Waals surface area contributed by atoms with Crippen molar-refractivity contribution >= 4 is 29.4 Å². The highest BCUT2D eigenvalue weighted by Gasteiger charge is 2.33. The molecular weight excluding hydrogens is 616 g/mol. The number of rotatable bonds is 9. The van der Waals surface area contributed by atoms with Crippen LogP contribution in [0.4, 0.5) is 0 Å². The lowest BCUT2D eigenvalue weighted by molar-refractivity contribution is -0.139. The van der Waals surface area contributed by atoms with Gasteiger partial charge in [-0.25, -0.2) is 14.5 Å². The lowest BCUT2D eigenvalue weighted by Crippen LogP contribution is -2.39. The minimum Gasteiger partial charge on any atom is -0.494 e. The number of thiazole rings is 1. The molecule has 2 aromatic heterocycles. The quantitative estimate of drug-likeness (QED) is 0.164. The molecule has 6 rings (SSSR count). The van der Waals surface area contributed by atoms with E-state index in [1.807, 2.05) is 73.8 Å². The SMILES string of the molecule is CCOC(=O)C1=C(C)N=c2s/c(=C\c3cn(-c4ccccc4)nc3-c3ccc(OCC)cc3)c(=O)n2[C@@H]1c1ccc(OC(C)=O)cc1. The van der Waals surface area contributed by atoms with Crippen LogP contribution in [-0.2, 0) is 14.3 Å². The van der Waals surface area contributed by atoms with Crippen LogP contribution in [0.1, 0.15) is 44.9 Å². The highest BCUT2D eigenvalue weighted by molar-refractivity contribution is 7.07. The first-order valence-electron chi connectivity index (χ1n) is 15.1. The van der Waals surface area contributed by atoms with Crippen molar-refractivity contribution in [1.29, 1.82) is 0 Å². The van der Waals surface area contributed by atoms with E-state index < -0.39 is 18.0 Å². The van der Waals surface area contributed by atoms with Crippen LogP contribution in [0.2, 0.25) is 0 Å². The molecule has 3 aromatic carbocycles. The molecule has 0 saturated heterocycles. The Morgan fingerprint density at radius 3 is 2.30 bits per heavy atom. The number of carbonyl (C=O) groups is 2. The van der Waals surface area contributed by atoms with Crippen molar-refractivity contribution in [2.24, 2.45) is 4.99 Å². The van der Waals surface area contributed by atoms with E-state index in [9.17, 15) is 14.4 Å². The number of fused-ring (bicyclic) bond motifs is 1. The number of allylic oxidation sites excluding steroid dienone is 1. The second-order valence-electron chi connectivity index (χ2n) is 10.6. The predicted molar refractivity (Wildman–Crippen MR) is 178 cm³/mol. The maximum absolute atomic E-state index is 14.3. The summed E-state index contributed by atoms with van der Waals surface area (Å²) in [5.41, 5.74) is 4.17. The van der Waals surface area contributed by atoms with Gasteiger partial charge in [0.25, 0.3) is 5.56 Å². The minimum absolute atomic E-state index is 0.165. The summed E-state index contributed by atoms with van der Waals surface area (Å²) >= 11 is 1.23. The molecule has 0 saturated carbocycles. The Kier molecular flexibility index (Phi) is 8.99. The average molecular weight is 649 g/mol. The number of esters is 2. The van der Waals surface area contributed by atoms with Crippen LogP contribution < -0.4 is 24.4 Å². The molecule has 238 valence electrons. The molecule has 0 N–H and O–H groups in total. The molecule has 5 aromatic rings. The first kappa shape index (κ1) is 31.4. The molecular formula is C36H32N4O6S. The van der Waals surface area contributed by atoms with Crippen LogP contribution >= 0.6 is 11.3 Å². The van der Waals surface area contributed by atoms with E-state index in [4.69, 9.17) is 19.3 Å². The van der Waals surface area contributed by atoms with Crippen LogP contribution in [0.5, 0.6) is 11.5 Å². The Hall–Kier alpha value is -5.55. The highest BCUT2D eigenvalue weighted by atomic mass is 32.1. The zero-order valence-corrected chi connectivity index (χ0v) is 27.1. The predicted octanol–water partition coefficient (Wildman–Crippen LogP) is 4.98. The summed E-state index contributed by atoms with van der Waals surface area (Å²) in [6, 6.07) is 23.3. The van der Waals surface area contributed by atoms with E-state index in [0.29, 0.717) is 38.6 Å². The molecule has 1 aliphatic heterocycles. The summed E-state index contributed by atoms with van der Waals surface area (Å²) in [5.74, 6) is 0.0967. The Balaban J connectivity index is 1.52. The fourth-order valence-electron chi connectivity index (χ4n) is 5.44. The number of benzene rings is 3. The van der Waals surface area contributed by atoms with Gasteiger partial charge in [-0.15, -0.1) is 0 Å². The highest BCUT2D eigenvalue weighted by Crippen LogP contribution is 2.32. The molecule has 0 spiro atoms. The van der Waals surface area contributed by atoms with Gasteiger partial charge in [0.15, 0.2) is 4.80 Å². The summed E-state index contributed by atoms with van der Waals surface area (Å²) in [6.07, 6.45) is 3.70. The van der Waals surface area contributed by atoms with Crippen LogP contribution in [0.3, 0.4) is 0 Å². The molecule has 11 heteroatoms. The summed E-state index contributed by atoms with van der Waals surface area (Å²) in [6.45, 7) is 7.44. The second kappa shape index (κ2) is 13.4. The maximum Gasteiger partial charge on any atom is 0.338 e. The molecule has 0 fully saturated rings. The third-order valence-corrected chi connectivity index (χ3v) is 8.45. The molecule has 0 aliphatic carbocycles. The van der Waals surface area contributed by atoms with Crippen molar-refractivity contribution in [2.75, 3.05) is 13.2 Å². The summed E-state index contributed by atoms with van der Waals surface area (Å²) in [4.78, 5) is 44.2. The van der Waals surface area contributed by atoms with Crippen LogP contribution in [0.15, 0.2) is 106 Å². The van der Waals surface area contributed by atoms with Crippen molar-refractivity contribution in [2.45, 2.75) is 33.7 Å². The van der Waals surface area contributed by atoms with E-state index >= 15 is 0 Å². The van der Waals surface area contributed by atoms with E-state index in [1.165, 1.54) is 22.8 Å². The second-order valence-corrected chi connectivity index (χ2v) is 11.6. The summed E-state index contributed by atoms with van der Waals surface area (Å²) < 4.78 is 20.0. The van der Waals surface area contributed by atoms with Gasteiger partial charge in [-0.2, -0.15) is 5.10 Å². The fourth-order valence-corrected chi connectivity index (χ4v) is 6.48. The average Bonchev–Trinajstić information content (AvgIpc) is 3.62. The smallest absolute Gasteiger partial charge is 0.338 e. The van der Waals surface area contributed by atoms with Crippen LogP contribution in [0.25, 0.3) is 23.0 Å². The number of carbonyl (C=O) groups excluding carboxylic acids is 2. The minimum atomic E-state index is -0.809. The van der Waals surface area contributed by atoms with Crippen molar-refractivity contribution in [3.05, 3.63) is 127 Å². The van der Waals surface area contributed by atoms with Crippen molar-refractivity contribution in [3.8, 4) is 28.4 Å². The number of para-hydroxylation sites is 1. The molecule has 0 radical (unpaired) electrons. The van der Waals surface area contributed by atoms with Gasteiger partial charge >= 0.3 is 11.9 Å². The largest absolute Gasteiger partial charge is 0.494 e. The van der Waals surface area contributed by atoms with Crippen molar-refractivity contribution in [3.63, 3.8) is 0 Å². The van der Waals surface area contributed by atoms with Gasteiger partial charge in [-0.3, -0.25) is 14.2 Å². The lowest BCUT2D eigenvalue weighted by atomic mass is 9.96. The Bertz CT molecular complexity index is 2160. The van der Waals surface area contributed by atoms with Crippen LogP contribution in [0, 0.1) is 0 Å². The Morgan fingerprint density at radius 1 is 0.936 bits per heavy atom. The van der Waals surface area contributed by atoms with Gasteiger partial charge in [-0.1, -0.05) is 41.7 Å². The Morgan fingerprint density at radius 2 is 1.64 bits per heavy atom. The lowest BCUT2D eigenvalue weighted by Gasteiger charge is -2.24. The maximum atomic E-state index is 14.3. The number of ether oxygens (including phenoxy) is 3. The topological polar surface area (TPSA) is 114 Å². The number of hydrogen-bond acceptors (Lipinski definition) is 9. The Labute approximate surface area is 274 Å². The fraction of sp³-hybridized carbons (Fsp3) is 0.194. The van der Waals surface area contributed by atoms with Gasteiger partial charge in [0, 0.05) is 24.2 Å². The molecule has 3 heterocycles. The van der Waals surface area contributed by atoms with Gasteiger partial charge < -0.3 is 14.2 Å². The molecule has 0 amide bonds. The normalized spacial score (nSPS) is 14.4. The summed E-state index contributed by atoms with van der Waals surface area (Å²) in [7, 11) is 0. The van der Waals surface area contributed by atoms with E-state index in [-0.39, 0.29) is 17.7 Å². The first-order chi connectivity index (χ1) is 22.8. The zero-order valence-electron chi connectivity index (χ0n) is 26.3. The zero-order chi connectivity index (χ0) is 33.1. The number of aromatic nitrogens is 3. The molecule has 1 aliphatic rings. The monoisotopic (exact) mass is 648 g/mol. The van der Waals surface area contributed by atoms with Gasteiger partial charge in [0.05, 0.1) is 40.7 Å².